The summed E-state index contributed by atoms with van der Waals surface area (Å²) in [5.41, 5.74) is 0. The van der Waals surface area contributed by atoms with Gasteiger partial charge in [-0.05, 0) is 17.7 Å². The van der Waals surface area contributed by atoms with Gasteiger partial charge in [-0.25, -0.2) is 0 Å². The standard InChI is InChI=1S/C6H6OS2/c1-5(7)4-6-8-2-3-9-6/h2-4H,1H3. The fourth-order valence-corrected chi connectivity index (χ4v) is 2.19. The maximum absolute atomic E-state index is 10.5. The Labute approximate surface area is 62.6 Å². The molecule has 1 rings (SSSR count). The molecule has 0 aromatic carbocycles. The second-order valence-electron chi connectivity index (χ2n) is 1.58. The highest BCUT2D eigenvalue weighted by Crippen LogP contribution is 2.36. The van der Waals surface area contributed by atoms with E-state index in [4.69, 9.17) is 0 Å². The van der Waals surface area contributed by atoms with Crippen LogP contribution in [0.3, 0.4) is 0 Å². The van der Waals surface area contributed by atoms with E-state index in [0.29, 0.717) is 0 Å². The lowest BCUT2D eigenvalue weighted by Crippen LogP contribution is -1.79. The minimum atomic E-state index is 0.119. The van der Waals surface area contributed by atoms with E-state index in [-0.39, 0.29) is 5.78 Å². The third-order valence-corrected chi connectivity index (χ3v) is 2.74. The molecule has 1 aliphatic heterocycles. The second-order valence-corrected chi connectivity index (χ2v) is 3.74. The summed E-state index contributed by atoms with van der Waals surface area (Å²) in [5, 5.41) is 3.94. The van der Waals surface area contributed by atoms with Crippen LogP contribution in [0.15, 0.2) is 21.1 Å². The number of thioether (sulfide) groups is 2. The molecule has 48 valence electrons. The molecule has 1 heterocycles. The SMILES string of the molecule is CC(=O)C=C1SC=CS1. The fourth-order valence-electron chi connectivity index (χ4n) is 0.451. The monoisotopic (exact) mass is 158 g/mol. The molecule has 0 aromatic rings. The Morgan fingerprint density at radius 3 is 2.56 bits per heavy atom. The molecule has 1 aliphatic rings. The van der Waals surface area contributed by atoms with Gasteiger partial charge in [0.15, 0.2) is 5.78 Å². The molecular weight excluding hydrogens is 152 g/mol. The van der Waals surface area contributed by atoms with Gasteiger partial charge in [0.05, 0.1) is 4.24 Å². The zero-order chi connectivity index (χ0) is 6.69. The predicted octanol–water partition coefficient (Wildman–Crippen LogP) is 2.37. The van der Waals surface area contributed by atoms with Crippen molar-refractivity contribution in [2.75, 3.05) is 0 Å². The van der Waals surface area contributed by atoms with E-state index >= 15 is 0 Å². The molecule has 0 bridgehead atoms. The van der Waals surface area contributed by atoms with Crippen molar-refractivity contribution in [1.82, 2.24) is 0 Å². The molecule has 0 atom stereocenters. The molecule has 0 aromatic heterocycles. The van der Waals surface area contributed by atoms with Crippen LogP contribution in [0.25, 0.3) is 0 Å². The molecule has 0 fully saturated rings. The third kappa shape index (κ3) is 2.28. The molecule has 0 unspecified atom stereocenters. The number of ketones is 1. The largest absolute Gasteiger partial charge is 0.295 e. The van der Waals surface area contributed by atoms with Crippen molar-refractivity contribution in [3.05, 3.63) is 21.1 Å². The Balaban J connectivity index is 2.53. The van der Waals surface area contributed by atoms with Crippen LogP contribution < -0.4 is 0 Å². The molecule has 3 heteroatoms. The number of rotatable bonds is 1. The van der Waals surface area contributed by atoms with E-state index < -0.39 is 0 Å². The van der Waals surface area contributed by atoms with E-state index in [2.05, 4.69) is 0 Å². The van der Waals surface area contributed by atoms with Crippen LogP contribution in [-0.2, 0) is 4.79 Å². The molecule has 0 amide bonds. The van der Waals surface area contributed by atoms with Gasteiger partial charge in [-0.15, -0.1) is 0 Å². The average Bonchev–Trinajstić information content (AvgIpc) is 2.15. The van der Waals surface area contributed by atoms with Crippen molar-refractivity contribution in [1.29, 1.82) is 0 Å². The predicted molar refractivity (Wildman–Crippen MR) is 43.1 cm³/mol. The van der Waals surface area contributed by atoms with Crippen molar-refractivity contribution in [2.45, 2.75) is 6.92 Å². The minimum absolute atomic E-state index is 0.119. The van der Waals surface area contributed by atoms with Gasteiger partial charge in [0.25, 0.3) is 0 Å². The van der Waals surface area contributed by atoms with E-state index in [0.717, 1.165) is 4.24 Å². The molecule has 0 aliphatic carbocycles. The van der Waals surface area contributed by atoms with Crippen LogP contribution in [0.4, 0.5) is 0 Å². The van der Waals surface area contributed by atoms with Crippen molar-refractivity contribution in [3.8, 4) is 0 Å². The number of carbonyl (C=O) groups excluding carboxylic acids is 1. The van der Waals surface area contributed by atoms with Crippen molar-refractivity contribution < 1.29 is 4.79 Å². The summed E-state index contributed by atoms with van der Waals surface area (Å²) in [7, 11) is 0. The van der Waals surface area contributed by atoms with Gasteiger partial charge in [0, 0.05) is 6.08 Å². The van der Waals surface area contributed by atoms with Crippen LogP contribution in [-0.4, -0.2) is 5.78 Å². The minimum Gasteiger partial charge on any atom is -0.295 e. The molecule has 1 nitrogen and oxygen atoms in total. The lowest BCUT2D eigenvalue weighted by atomic mass is 10.5. The van der Waals surface area contributed by atoms with E-state index in [1.807, 2.05) is 10.8 Å². The number of hydrogen-bond acceptors (Lipinski definition) is 3. The summed E-state index contributed by atoms with van der Waals surface area (Å²) in [5.74, 6) is 0.119. The molecule has 9 heavy (non-hydrogen) atoms. The van der Waals surface area contributed by atoms with Crippen molar-refractivity contribution >= 4 is 29.3 Å². The normalized spacial score (nSPS) is 16.3. The van der Waals surface area contributed by atoms with Crippen LogP contribution in [0.5, 0.6) is 0 Å². The lowest BCUT2D eigenvalue weighted by molar-refractivity contribution is -0.112. The highest BCUT2D eigenvalue weighted by atomic mass is 32.2. The first-order valence-corrected chi connectivity index (χ1v) is 4.25. The molecule has 0 saturated heterocycles. The van der Waals surface area contributed by atoms with Crippen molar-refractivity contribution in [2.24, 2.45) is 0 Å². The molecule has 0 spiro atoms. The zero-order valence-electron chi connectivity index (χ0n) is 4.96. The highest BCUT2D eigenvalue weighted by Gasteiger charge is 2.01. The van der Waals surface area contributed by atoms with E-state index in [1.165, 1.54) is 0 Å². The van der Waals surface area contributed by atoms with Crippen molar-refractivity contribution in [3.63, 3.8) is 0 Å². The number of hydrogen-bond donors (Lipinski definition) is 0. The Morgan fingerprint density at radius 2 is 2.11 bits per heavy atom. The zero-order valence-corrected chi connectivity index (χ0v) is 6.59. The highest BCUT2D eigenvalue weighted by molar-refractivity contribution is 8.27. The van der Waals surface area contributed by atoms with Crippen LogP contribution in [0.2, 0.25) is 0 Å². The van der Waals surface area contributed by atoms with E-state index in [9.17, 15) is 4.79 Å². The number of carbonyl (C=O) groups is 1. The van der Waals surface area contributed by atoms with Crippen LogP contribution in [0.1, 0.15) is 6.92 Å². The maximum Gasteiger partial charge on any atom is 0.154 e. The summed E-state index contributed by atoms with van der Waals surface area (Å²) < 4.78 is 1.07. The Morgan fingerprint density at radius 1 is 1.56 bits per heavy atom. The first-order valence-electron chi connectivity index (χ1n) is 2.49. The van der Waals surface area contributed by atoms with Gasteiger partial charge in [-0.2, -0.15) is 0 Å². The summed E-state index contributed by atoms with van der Waals surface area (Å²) >= 11 is 3.19. The third-order valence-electron chi connectivity index (χ3n) is 0.745. The molecule has 0 N–H and O–H groups in total. The average molecular weight is 158 g/mol. The van der Waals surface area contributed by atoms with Gasteiger partial charge in [-0.3, -0.25) is 4.79 Å². The molecule has 0 saturated carbocycles. The van der Waals surface area contributed by atoms with Gasteiger partial charge < -0.3 is 0 Å². The Kier molecular flexibility index (Phi) is 2.42. The van der Waals surface area contributed by atoms with E-state index in [1.54, 1.807) is 36.5 Å². The van der Waals surface area contributed by atoms with Crippen LogP contribution >= 0.6 is 23.5 Å². The summed E-state index contributed by atoms with van der Waals surface area (Å²) in [4.78, 5) is 10.5. The molecular formula is C6H6OS2. The Hall–Kier alpha value is -0.150. The Bertz CT molecular complexity index is 171. The topological polar surface area (TPSA) is 17.1 Å². The summed E-state index contributed by atoms with van der Waals surface area (Å²) in [6.07, 6.45) is 1.65. The van der Waals surface area contributed by atoms with Gasteiger partial charge >= 0.3 is 0 Å². The maximum atomic E-state index is 10.5. The summed E-state index contributed by atoms with van der Waals surface area (Å²) in [6, 6.07) is 0. The fraction of sp³-hybridized carbons (Fsp3) is 0.167. The van der Waals surface area contributed by atoms with Crippen LogP contribution in [0, 0.1) is 0 Å². The number of allylic oxidation sites excluding steroid dienone is 1. The first kappa shape index (κ1) is 6.96. The van der Waals surface area contributed by atoms with Gasteiger partial charge in [-0.1, -0.05) is 23.5 Å². The van der Waals surface area contributed by atoms with Gasteiger partial charge in [0.1, 0.15) is 0 Å². The second kappa shape index (κ2) is 3.13. The summed E-state index contributed by atoms with van der Waals surface area (Å²) in [6.45, 7) is 1.56. The lowest BCUT2D eigenvalue weighted by Gasteiger charge is -1.87. The molecule has 0 radical (unpaired) electrons. The smallest absolute Gasteiger partial charge is 0.154 e. The first-order chi connectivity index (χ1) is 4.29. The quantitative estimate of drug-likeness (QED) is 0.545. The van der Waals surface area contributed by atoms with Gasteiger partial charge in [0.2, 0.25) is 0 Å².